The fourth-order valence-electron chi connectivity index (χ4n) is 5.06. The molecule has 0 saturated carbocycles. The average Bonchev–Trinajstić information content (AvgIpc) is 3.35. The molecule has 4 aromatic rings. The minimum Gasteiger partial charge on any atom is -0.351 e. The van der Waals surface area contributed by atoms with Gasteiger partial charge in [-0.3, -0.25) is 4.98 Å². The van der Waals surface area contributed by atoms with Crippen LogP contribution in [0.2, 0.25) is 0 Å². The molecule has 1 aliphatic heterocycles. The Morgan fingerprint density at radius 2 is 1.68 bits per heavy atom. The molecule has 0 bridgehead atoms. The molecule has 34 heavy (non-hydrogen) atoms. The van der Waals surface area contributed by atoms with Crippen LogP contribution in [0.25, 0.3) is 5.69 Å². The summed E-state index contributed by atoms with van der Waals surface area (Å²) >= 11 is 5.77. The van der Waals surface area contributed by atoms with E-state index in [1.54, 1.807) is 18.3 Å². The molecule has 4 nitrogen and oxygen atoms in total. The van der Waals surface area contributed by atoms with E-state index in [1.807, 2.05) is 29.2 Å². The Bertz CT molecular complexity index is 1350. The highest BCUT2D eigenvalue weighted by Crippen LogP contribution is 2.44. The van der Waals surface area contributed by atoms with Crippen molar-refractivity contribution in [3.8, 4) is 5.69 Å². The third kappa shape index (κ3) is 3.68. The molecule has 0 unspecified atom stereocenters. The first-order valence-corrected chi connectivity index (χ1v) is 11.9. The van der Waals surface area contributed by atoms with Gasteiger partial charge in [0.15, 0.2) is 5.11 Å². The number of aromatic nitrogens is 2. The monoisotopic (exact) mass is 470 g/mol. The maximum Gasteiger partial charge on any atom is 0.174 e. The zero-order valence-electron chi connectivity index (χ0n) is 19.5. The number of hydrogen-bond donors (Lipinski definition) is 1. The Kier molecular flexibility index (Phi) is 5.92. The van der Waals surface area contributed by atoms with Crippen molar-refractivity contribution in [2.45, 2.75) is 39.3 Å². The van der Waals surface area contributed by atoms with Crippen molar-refractivity contribution in [3.05, 3.63) is 113 Å². The molecule has 5 rings (SSSR count). The van der Waals surface area contributed by atoms with Crippen LogP contribution in [0, 0.1) is 19.7 Å². The van der Waals surface area contributed by atoms with Crippen LogP contribution in [0.1, 0.15) is 47.2 Å². The minimum atomic E-state index is -0.302. The van der Waals surface area contributed by atoms with Crippen LogP contribution in [0.15, 0.2) is 79.0 Å². The second-order valence-corrected chi connectivity index (χ2v) is 8.98. The third-order valence-corrected chi connectivity index (χ3v) is 6.93. The van der Waals surface area contributed by atoms with Crippen molar-refractivity contribution in [3.63, 3.8) is 0 Å². The molecule has 0 spiro atoms. The number of nitrogens with one attached hydrogen (secondary N) is 1. The number of para-hydroxylation sites is 2. The van der Waals surface area contributed by atoms with Gasteiger partial charge in [0.25, 0.3) is 0 Å². The first kappa shape index (κ1) is 22.3. The predicted molar refractivity (Wildman–Crippen MR) is 139 cm³/mol. The van der Waals surface area contributed by atoms with Crippen LogP contribution < -0.4 is 10.2 Å². The third-order valence-electron chi connectivity index (χ3n) is 6.61. The molecule has 1 aliphatic rings. The van der Waals surface area contributed by atoms with E-state index >= 15 is 4.39 Å². The second-order valence-electron chi connectivity index (χ2n) is 8.59. The zero-order valence-corrected chi connectivity index (χ0v) is 20.3. The number of nitrogens with zero attached hydrogens (tertiary/aromatic N) is 3. The SMILES string of the molecule is CCc1ccccc1-n1c(C)cc([C@@H]2[C@H](c3ccccn3)NC(=S)N2c2ccccc2F)c1C. The first-order chi connectivity index (χ1) is 16.5. The second kappa shape index (κ2) is 9.03. The van der Waals surface area contributed by atoms with Gasteiger partial charge in [-0.15, -0.1) is 0 Å². The van der Waals surface area contributed by atoms with E-state index in [9.17, 15) is 0 Å². The number of rotatable bonds is 5. The molecule has 6 heteroatoms. The van der Waals surface area contributed by atoms with Crippen LogP contribution in [0.3, 0.4) is 0 Å². The molecule has 2 aromatic heterocycles. The van der Waals surface area contributed by atoms with Crippen LogP contribution in [0.5, 0.6) is 0 Å². The summed E-state index contributed by atoms with van der Waals surface area (Å²) in [5.74, 6) is -0.302. The number of thiocarbonyl (C=S) groups is 1. The highest BCUT2D eigenvalue weighted by Gasteiger charge is 2.43. The summed E-state index contributed by atoms with van der Waals surface area (Å²) in [6, 6.07) is 22.9. The number of anilines is 1. The number of pyridine rings is 1. The van der Waals surface area contributed by atoms with E-state index in [2.05, 4.69) is 66.0 Å². The van der Waals surface area contributed by atoms with Crippen molar-refractivity contribution < 1.29 is 4.39 Å². The van der Waals surface area contributed by atoms with Crippen molar-refractivity contribution in [1.29, 1.82) is 0 Å². The Balaban J connectivity index is 1.71. The number of aryl methyl sites for hydroxylation is 2. The summed E-state index contributed by atoms with van der Waals surface area (Å²) in [6.45, 7) is 6.42. The number of benzene rings is 2. The van der Waals surface area contributed by atoms with Crippen LogP contribution >= 0.6 is 12.2 Å². The van der Waals surface area contributed by atoms with Gasteiger partial charge >= 0.3 is 0 Å². The van der Waals surface area contributed by atoms with Crippen molar-refractivity contribution >= 4 is 23.0 Å². The largest absolute Gasteiger partial charge is 0.351 e. The molecule has 3 heterocycles. The van der Waals surface area contributed by atoms with E-state index < -0.39 is 0 Å². The summed E-state index contributed by atoms with van der Waals surface area (Å²) in [4.78, 5) is 6.52. The van der Waals surface area contributed by atoms with Gasteiger partial charge < -0.3 is 14.8 Å². The lowest BCUT2D eigenvalue weighted by Crippen LogP contribution is -2.30. The lowest BCUT2D eigenvalue weighted by Gasteiger charge is -2.28. The summed E-state index contributed by atoms with van der Waals surface area (Å²) in [7, 11) is 0. The maximum atomic E-state index is 15.0. The van der Waals surface area contributed by atoms with E-state index in [-0.39, 0.29) is 17.9 Å². The van der Waals surface area contributed by atoms with Crippen LogP contribution in [-0.4, -0.2) is 14.7 Å². The standard InChI is InChI=1S/C28H27FN4S/c1-4-20-11-5-7-14-24(20)32-18(2)17-21(19(32)3)27-26(23-13-9-10-16-30-23)31-28(34)33(27)25-15-8-6-12-22(25)29/h5-17,26-27H,4H2,1-3H3,(H,31,34)/t26-,27+/m0/s1. The summed E-state index contributed by atoms with van der Waals surface area (Å²) in [5.41, 5.74) is 7.11. The highest BCUT2D eigenvalue weighted by atomic mass is 32.1. The molecular formula is C28H27FN4S. The highest BCUT2D eigenvalue weighted by molar-refractivity contribution is 7.80. The van der Waals surface area contributed by atoms with Crippen molar-refractivity contribution in [2.75, 3.05) is 4.90 Å². The Hall–Kier alpha value is -3.51. The number of halogens is 1. The molecule has 0 radical (unpaired) electrons. The van der Waals surface area contributed by atoms with Gasteiger partial charge in [0.05, 0.1) is 23.5 Å². The van der Waals surface area contributed by atoms with Crippen molar-refractivity contribution in [1.82, 2.24) is 14.9 Å². The number of hydrogen-bond acceptors (Lipinski definition) is 2. The van der Waals surface area contributed by atoms with Gasteiger partial charge in [0.1, 0.15) is 5.82 Å². The smallest absolute Gasteiger partial charge is 0.174 e. The van der Waals surface area contributed by atoms with Gasteiger partial charge in [0, 0.05) is 23.3 Å². The lowest BCUT2D eigenvalue weighted by molar-refractivity contribution is 0.556. The molecule has 2 atom stereocenters. The summed E-state index contributed by atoms with van der Waals surface area (Å²) in [5, 5.41) is 3.92. The fourth-order valence-corrected chi connectivity index (χ4v) is 5.40. The van der Waals surface area contributed by atoms with Gasteiger partial charge in [-0.1, -0.05) is 43.3 Å². The summed E-state index contributed by atoms with van der Waals surface area (Å²) in [6.07, 6.45) is 2.72. The van der Waals surface area contributed by atoms with E-state index in [0.29, 0.717) is 10.8 Å². The molecule has 1 fully saturated rings. The topological polar surface area (TPSA) is 33.1 Å². The zero-order chi connectivity index (χ0) is 23.8. The van der Waals surface area contributed by atoms with Crippen molar-refractivity contribution in [2.24, 2.45) is 0 Å². The van der Waals surface area contributed by atoms with E-state index in [4.69, 9.17) is 12.2 Å². The van der Waals surface area contributed by atoms with Gasteiger partial charge in [0.2, 0.25) is 0 Å². The molecule has 2 aromatic carbocycles. The minimum absolute atomic E-state index is 0.219. The van der Waals surface area contributed by atoms with Gasteiger partial charge in [-0.2, -0.15) is 0 Å². The van der Waals surface area contributed by atoms with E-state index in [0.717, 1.165) is 29.1 Å². The Morgan fingerprint density at radius 3 is 2.38 bits per heavy atom. The van der Waals surface area contributed by atoms with E-state index in [1.165, 1.54) is 17.3 Å². The average molecular weight is 471 g/mol. The fraction of sp³-hybridized carbons (Fsp3) is 0.214. The molecular weight excluding hydrogens is 443 g/mol. The predicted octanol–water partition coefficient (Wildman–Crippen LogP) is 6.37. The first-order valence-electron chi connectivity index (χ1n) is 11.5. The maximum absolute atomic E-state index is 15.0. The van der Waals surface area contributed by atoms with Gasteiger partial charge in [-0.05, 0) is 80.0 Å². The van der Waals surface area contributed by atoms with Crippen LogP contribution in [0.4, 0.5) is 10.1 Å². The Morgan fingerprint density at radius 1 is 0.971 bits per heavy atom. The quantitative estimate of drug-likeness (QED) is 0.344. The molecule has 0 aliphatic carbocycles. The molecule has 1 saturated heterocycles. The van der Waals surface area contributed by atoms with Gasteiger partial charge in [-0.25, -0.2) is 4.39 Å². The molecule has 1 N–H and O–H groups in total. The molecule has 172 valence electrons. The molecule has 0 amide bonds. The summed E-state index contributed by atoms with van der Waals surface area (Å²) < 4.78 is 17.3. The van der Waals surface area contributed by atoms with Crippen LogP contribution in [-0.2, 0) is 6.42 Å². The Labute approximate surface area is 205 Å². The normalized spacial score (nSPS) is 17.8. The lowest BCUT2D eigenvalue weighted by atomic mass is 9.96.